The summed E-state index contributed by atoms with van der Waals surface area (Å²) < 4.78 is 10.8. The molecule has 25 heavy (non-hydrogen) atoms. The van der Waals surface area contributed by atoms with Gasteiger partial charge in [-0.25, -0.2) is 0 Å². The largest absolute Gasteiger partial charge is 0.481 e. The van der Waals surface area contributed by atoms with Crippen LogP contribution in [-0.4, -0.2) is 58.6 Å². The van der Waals surface area contributed by atoms with Crippen molar-refractivity contribution in [2.45, 2.75) is 30.7 Å². The van der Waals surface area contributed by atoms with Crippen LogP contribution in [0.4, 0.5) is 0 Å². The van der Waals surface area contributed by atoms with Crippen molar-refractivity contribution in [3.8, 4) is 0 Å². The number of ether oxygens (including phenoxy) is 1. The van der Waals surface area contributed by atoms with E-state index in [2.05, 4.69) is 0 Å². The Bertz CT molecular complexity index is 705. The first-order chi connectivity index (χ1) is 12.0. The summed E-state index contributed by atoms with van der Waals surface area (Å²) >= 11 is 1.33. The number of carbonyl (C=O) groups excluding carboxylic acids is 2. The molecule has 8 heteroatoms. The van der Waals surface area contributed by atoms with Crippen LogP contribution in [-0.2, 0) is 14.3 Å². The maximum Gasteiger partial charge on any atom is 0.308 e. The number of ketones is 1. The van der Waals surface area contributed by atoms with Crippen molar-refractivity contribution < 1.29 is 28.6 Å². The van der Waals surface area contributed by atoms with Gasteiger partial charge in [-0.2, -0.15) is 0 Å². The van der Waals surface area contributed by atoms with Gasteiger partial charge in [-0.15, -0.1) is 11.8 Å². The van der Waals surface area contributed by atoms with Gasteiger partial charge in [0.25, 0.3) is 5.91 Å². The molecule has 0 aromatic carbocycles. The second-order valence-corrected chi connectivity index (χ2v) is 6.87. The number of Topliss-reactive ketones (excluding diaryl/α,β-unsaturated/α-hetero) is 1. The average molecular weight is 365 g/mol. The van der Waals surface area contributed by atoms with Crippen LogP contribution in [0, 0.1) is 0 Å². The highest BCUT2D eigenvalue weighted by atomic mass is 32.2. The first-order valence-electron chi connectivity index (χ1n) is 8.01. The van der Waals surface area contributed by atoms with Crippen LogP contribution in [0.15, 0.2) is 34.0 Å². The lowest BCUT2D eigenvalue weighted by atomic mass is 10.0. The van der Waals surface area contributed by atoms with Gasteiger partial charge in [0.15, 0.2) is 5.76 Å². The molecule has 0 spiro atoms. The average Bonchev–Trinajstić information content (AvgIpc) is 3.31. The van der Waals surface area contributed by atoms with Crippen molar-refractivity contribution in [1.29, 1.82) is 0 Å². The van der Waals surface area contributed by atoms with Crippen molar-refractivity contribution >= 4 is 29.4 Å². The number of nitrogens with zero attached hydrogens (tertiary/aromatic N) is 1. The third-order valence-electron chi connectivity index (χ3n) is 4.34. The highest BCUT2D eigenvalue weighted by Crippen LogP contribution is 2.36. The van der Waals surface area contributed by atoms with Gasteiger partial charge in [-0.3, -0.25) is 14.4 Å². The first kappa shape index (κ1) is 17.8. The highest BCUT2D eigenvalue weighted by molar-refractivity contribution is 7.99. The van der Waals surface area contributed by atoms with Gasteiger partial charge in [0.1, 0.15) is 5.37 Å². The zero-order chi connectivity index (χ0) is 18.0. The minimum Gasteiger partial charge on any atom is -0.481 e. The van der Waals surface area contributed by atoms with Crippen molar-refractivity contribution in [2.24, 2.45) is 0 Å². The molecule has 1 amide bonds. The number of carboxylic acids is 1. The van der Waals surface area contributed by atoms with Gasteiger partial charge < -0.3 is 19.2 Å². The first-order valence-corrected chi connectivity index (χ1v) is 9.30. The second kappa shape index (κ2) is 7.45. The molecule has 3 rings (SSSR count). The van der Waals surface area contributed by atoms with Gasteiger partial charge in [0.05, 0.1) is 18.8 Å². The zero-order valence-electron chi connectivity index (χ0n) is 13.8. The third-order valence-corrected chi connectivity index (χ3v) is 5.28. The van der Waals surface area contributed by atoms with E-state index in [0.29, 0.717) is 13.2 Å². The van der Waals surface area contributed by atoms with E-state index in [9.17, 15) is 19.5 Å². The standard InChI is InChI=1S/C17H19NO6S/c1-25-17-14(15(21)12-5-3-7-24-12)11(8-13(19)20)16(22)18(17)9-10-4-2-6-23-10/h3,5,7,10,17H,2,4,6,8-9H2,1H3,(H,19,20)/t10-,17+/m0/s1. The molecule has 2 atom stereocenters. The Balaban J connectivity index is 1.95. The monoisotopic (exact) mass is 365 g/mol. The fraction of sp³-hybridized carbons (Fsp3) is 0.471. The van der Waals surface area contributed by atoms with E-state index in [4.69, 9.17) is 9.15 Å². The molecular weight excluding hydrogens is 346 g/mol. The molecule has 0 bridgehead atoms. The number of rotatable bonds is 7. The van der Waals surface area contributed by atoms with Gasteiger partial charge in [-0.1, -0.05) is 0 Å². The molecule has 1 aromatic heterocycles. The molecule has 1 saturated heterocycles. The van der Waals surface area contributed by atoms with E-state index in [-0.39, 0.29) is 23.0 Å². The van der Waals surface area contributed by atoms with Gasteiger partial charge in [0, 0.05) is 24.3 Å². The van der Waals surface area contributed by atoms with Gasteiger partial charge in [0.2, 0.25) is 5.78 Å². The Morgan fingerprint density at radius 1 is 1.44 bits per heavy atom. The summed E-state index contributed by atoms with van der Waals surface area (Å²) in [5.74, 6) is -1.90. The topological polar surface area (TPSA) is 97.1 Å². The number of amides is 1. The number of aliphatic carboxylic acids is 1. The molecule has 2 aliphatic heterocycles. The Hall–Kier alpha value is -2.06. The maximum absolute atomic E-state index is 12.8. The van der Waals surface area contributed by atoms with E-state index < -0.39 is 29.5 Å². The van der Waals surface area contributed by atoms with E-state index >= 15 is 0 Å². The Morgan fingerprint density at radius 3 is 2.80 bits per heavy atom. The fourth-order valence-corrected chi connectivity index (χ4v) is 4.16. The number of hydrogen-bond donors (Lipinski definition) is 1. The predicted molar refractivity (Wildman–Crippen MR) is 90.3 cm³/mol. The number of furan rings is 1. The molecular formula is C17H19NO6S. The smallest absolute Gasteiger partial charge is 0.308 e. The molecule has 3 heterocycles. The molecule has 1 N–H and O–H groups in total. The van der Waals surface area contributed by atoms with E-state index in [1.807, 2.05) is 0 Å². The lowest BCUT2D eigenvalue weighted by Crippen LogP contribution is -2.40. The molecule has 1 fully saturated rings. The van der Waals surface area contributed by atoms with Crippen LogP contribution in [0.5, 0.6) is 0 Å². The van der Waals surface area contributed by atoms with Crippen molar-refractivity contribution in [1.82, 2.24) is 4.90 Å². The van der Waals surface area contributed by atoms with Crippen molar-refractivity contribution in [3.63, 3.8) is 0 Å². The predicted octanol–water partition coefficient (Wildman–Crippen LogP) is 1.94. The Morgan fingerprint density at radius 2 is 2.24 bits per heavy atom. The quantitative estimate of drug-likeness (QED) is 0.738. The summed E-state index contributed by atoms with van der Waals surface area (Å²) in [6.45, 7) is 1.01. The van der Waals surface area contributed by atoms with E-state index in [1.165, 1.54) is 24.1 Å². The fourth-order valence-electron chi connectivity index (χ4n) is 3.24. The molecule has 1 aromatic rings. The number of carbonyl (C=O) groups is 3. The second-order valence-electron chi connectivity index (χ2n) is 5.95. The summed E-state index contributed by atoms with van der Waals surface area (Å²) in [5, 5.41) is 8.64. The molecule has 0 aliphatic carbocycles. The van der Waals surface area contributed by atoms with Crippen LogP contribution < -0.4 is 0 Å². The summed E-state index contributed by atoms with van der Waals surface area (Å²) in [6.07, 6.45) is 4.38. The summed E-state index contributed by atoms with van der Waals surface area (Å²) in [6, 6.07) is 3.10. The summed E-state index contributed by atoms with van der Waals surface area (Å²) in [5.41, 5.74) is 0.235. The van der Waals surface area contributed by atoms with E-state index in [0.717, 1.165) is 12.8 Å². The minimum absolute atomic E-state index is 0.0336. The summed E-state index contributed by atoms with van der Waals surface area (Å²) in [4.78, 5) is 38.4. The lowest BCUT2D eigenvalue weighted by Gasteiger charge is -2.27. The van der Waals surface area contributed by atoms with Crippen LogP contribution >= 0.6 is 11.8 Å². The van der Waals surface area contributed by atoms with E-state index in [1.54, 1.807) is 17.2 Å². The highest BCUT2D eigenvalue weighted by Gasteiger charge is 2.44. The molecule has 0 saturated carbocycles. The maximum atomic E-state index is 12.8. The molecule has 7 nitrogen and oxygen atoms in total. The van der Waals surface area contributed by atoms with Crippen molar-refractivity contribution in [2.75, 3.05) is 19.4 Å². The summed E-state index contributed by atoms with van der Waals surface area (Å²) in [7, 11) is 0. The lowest BCUT2D eigenvalue weighted by molar-refractivity contribution is -0.137. The minimum atomic E-state index is -1.15. The van der Waals surface area contributed by atoms with Crippen LogP contribution in [0.25, 0.3) is 0 Å². The number of thioether (sulfide) groups is 1. The van der Waals surface area contributed by atoms with Crippen LogP contribution in [0.1, 0.15) is 29.8 Å². The van der Waals surface area contributed by atoms with Crippen molar-refractivity contribution in [3.05, 3.63) is 35.3 Å². The Labute approximate surface area is 149 Å². The number of hydrogen-bond acceptors (Lipinski definition) is 6. The molecule has 0 unspecified atom stereocenters. The molecule has 2 aliphatic rings. The normalized spacial score (nSPS) is 23.6. The zero-order valence-corrected chi connectivity index (χ0v) is 14.6. The van der Waals surface area contributed by atoms with Gasteiger partial charge in [-0.05, 0) is 31.2 Å². The Kier molecular flexibility index (Phi) is 5.29. The van der Waals surface area contributed by atoms with Crippen LogP contribution in [0.2, 0.25) is 0 Å². The van der Waals surface area contributed by atoms with Gasteiger partial charge >= 0.3 is 5.97 Å². The molecule has 134 valence electrons. The SMILES string of the molecule is CS[C@@H]1C(C(=O)c2ccco2)=C(CC(=O)O)C(=O)N1C[C@@H]1CCCO1. The number of carboxylic acid groups (broad SMARTS) is 1. The van der Waals surface area contributed by atoms with Crippen LogP contribution in [0.3, 0.4) is 0 Å². The third kappa shape index (κ3) is 3.50. The molecule has 0 radical (unpaired) electrons.